The lowest BCUT2D eigenvalue weighted by atomic mass is 9.95. The Morgan fingerprint density at radius 3 is 2.90 bits per heavy atom. The highest BCUT2D eigenvalue weighted by molar-refractivity contribution is 7.17. The smallest absolute Gasteiger partial charge is 0.341 e. The third-order valence-corrected chi connectivity index (χ3v) is 6.12. The van der Waals surface area contributed by atoms with Crippen LogP contribution in [0.25, 0.3) is 10.9 Å². The fourth-order valence-corrected chi connectivity index (χ4v) is 4.83. The van der Waals surface area contributed by atoms with Gasteiger partial charge in [0.25, 0.3) is 5.56 Å². The van der Waals surface area contributed by atoms with Gasteiger partial charge in [-0.25, -0.2) is 14.2 Å². The number of nitrogens with zero attached hydrogens (tertiary/aromatic N) is 2. The van der Waals surface area contributed by atoms with Crippen LogP contribution in [0.4, 0.5) is 9.39 Å². The predicted molar refractivity (Wildman–Crippen MR) is 107 cm³/mol. The van der Waals surface area contributed by atoms with E-state index in [0.29, 0.717) is 10.6 Å². The van der Waals surface area contributed by atoms with Crippen LogP contribution >= 0.6 is 11.3 Å². The van der Waals surface area contributed by atoms with Gasteiger partial charge in [0, 0.05) is 10.9 Å². The molecule has 0 aliphatic heterocycles. The van der Waals surface area contributed by atoms with Crippen LogP contribution in [0, 0.1) is 5.82 Å². The van der Waals surface area contributed by atoms with Gasteiger partial charge in [0.05, 0.1) is 29.9 Å². The van der Waals surface area contributed by atoms with Gasteiger partial charge in [0.2, 0.25) is 5.91 Å². The maximum Gasteiger partial charge on any atom is 0.341 e. The number of aryl methyl sites for hydroxylation is 1. The molecule has 1 N–H and O–H groups in total. The molecule has 1 aromatic carbocycles. The van der Waals surface area contributed by atoms with Crippen molar-refractivity contribution >= 4 is 39.1 Å². The van der Waals surface area contributed by atoms with Gasteiger partial charge in [0.15, 0.2) is 0 Å². The predicted octanol–water partition coefficient (Wildman–Crippen LogP) is 2.90. The molecule has 0 bridgehead atoms. The van der Waals surface area contributed by atoms with Gasteiger partial charge >= 0.3 is 5.97 Å². The lowest BCUT2D eigenvalue weighted by Crippen LogP contribution is -2.28. The van der Waals surface area contributed by atoms with E-state index in [1.165, 1.54) is 43.0 Å². The van der Waals surface area contributed by atoms with Crippen molar-refractivity contribution in [3.63, 3.8) is 0 Å². The molecule has 1 amide bonds. The first kappa shape index (κ1) is 19.3. The number of esters is 1. The number of hydrogen-bond acceptors (Lipinski definition) is 6. The summed E-state index contributed by atoms with van der Waals surface area (Å²) in [6.45, 7) is -0.275. The molecule has 1 aliphatic rings. The minimum atomic E-state index is -0.489. The standard InChI is InChI=1S/C20H18FN3O4S/c1-28-20(27)17-13-4-2-3-5-15(13)29-18(17)23-16(25)9-24-10-22-14-8-11(21)6-7-12(14)19(24)26/h6-8,10H,2-5,9H2,1H3,(H,23,25). The van der Waals surface area contributed by atoms with Crippen LogP contribution in [0.3, 0.4) is 0 Å². The maximum absolute atomic E-state index is 13.3. The quantitative estimate of drug-likeness (QED) is 0.662. The summed E-state index contributed by atoms with van der Waals surface area (Å²) in [4.78, 5) is 42.6. The number of rotatable bonds is 4. The number of anilines is 1. The van der Waals surface area contributed by atoms with Crippen molar-refractivity contribution in [2.45, 2.75) is 32.2 Å². The maximum atomic E-state index is 13.3. The SMILES string of the molecule is COC(=O)c1c(NC(=O)Cn2cnc3cc(F)ccc3c2=O)sc2c1CCCC2. The lowest BCUT2D eigenvalue weighted by Gasteiger charge is -2.12. The summed E-state index contributed by atoms with van der Waals surface area (Å²) in [5.41, 5.74) is 1.13. The first-order valence-corrected chi connectivity index (χ1v) is 9.97. The Kier molecular flexibility index (Phi) is 5.14. The molecule has 9 heteroatoms. The van der Waals surface area contributed by atoms with Gasteiger partial charge in [-0.15, -0.1) is 11.3 Å². The van der Waals surface area contributed by atoms with E-state index < -0.39 is 23.3 Å². The molecule has 0 fully saturated rings. The van der Waals surface area contributed by atoms with Crippen molar-refractivity contribution in [1.29, 1.82) is 0 Å². The Bertz CT molecular complexity index is 1180. The minimum Gasteiger partial charge on any atom is -0.465 e. The van der Waals surface area contributed by atoms with E-state index in [0.717, 1.165) is 40.7 Å². The van der Waals surface area contributed by atoms with Crippen LogP contribution in [-0.2, 0) is 28.9 Å². The van der Waals surface area contributed by atoms with Gasteiger partial charge in [-0.05, 0) is 43.4 Å². The second kappa shape index (κ2) is 7.75. The van der Waals surface area contributed by atoms with Gasteiger partial charge < -0.3 is 10.1 Å². The van der Waals surface area contributed by atoms with E-state index in [1.807, 2.05) is 0 Å². The fraction of sp³-hybridized carbons (Fsp3) is 0.300. The first-order valence-electron chi connectivity index (χ1n) is 9.15. The van der Waals surface area contributed by atoms with Crippen LogP contribution < -0.4 is 10.9 Å². The molecule has 7 nitrogen and oxygen atoms in total. The van der Waals surface area contributed by atoms with Crippen molar-refractivity contribution < 1.29 is 18.7 Å². The minimum absolute atomic E-state index is 0.225. The summed E-state index contributed by atoms with van der Waals surface area (Å²) >= 11 is 1.38. The molecule has 2 heterocycles. The molecule has 29 heavy (non-hydrogen) atoms. The molecule has 0 radical (unpaired) electrons. The van der Waals surface area contributed by atoms with Crippen LogP contribution in [0.5, 0.6) is 0 Å². The number of benzene rings is 1. The molecule has 4 rings (SSSR count). The van der Waals surface area contributed by atoms with E-state index in [4.69, 9.17) is 4.74 Å². The topological polar surface area (TPSA) is 90.3 Å². The molecule has 3 aromatic rings. The fourth-order valence-electron chi connectivity index (χ4n) is 3.54. The number of halogens is 1. The van der Waals surface area contributed by atoms with Crippen molar-refractivity contribution in [3.05, 3.63) is 56.7 Å². The highest BCUT2D eigenvalue weighted by atomic mass is 32.1. The third kappa shape index (κ3) is 3.65. The zero-order chi connectivity index (χ0) is 20.5. The number of thiophene rings is 1. The van der Waals surface area contributed by atoms with Crippen LogP contribution in [0.2, 0.25) is 0 Å². The van der Waals surface area contributed by atoms with E-state index >= 15 is 0 Å². The van der Waals surface area contributed by atoms with Crippen molar-refractivity contribution in [2.24, 2.45) is 0 Å². The first-order chi connectivity index (χ1) is 14.0. The highest BCUT2D eigenvalue weighted by Crippen LogP contribution is 2.38. The zero-order valence-corrected chi connectivity index (χ0v) is 16.5. The zero-order valence-electron chi connectivity index (χ0n) is 15.7. The monoisotopic (exact) mass is 415 g/mol. The van der Waals surface area contributed by atoms with E-state index in [-0.39, 0.29) is 17.4 Å². The number of carbonyl (C=O) groups is 2. The molecule has 150 valence electrons. The van der Waals surface area contributed by atoms with Gasteiger partial charge in [-0.3, -0.25) is 14.2 Å². The second-order valence-corrected chi connectivity index (χ2v) is 7.90. The molecular weight excluding hydrogens is 397 g/mol. The summed E-state index contributed by atoms with van der Waals surface area (Å²) in [5, 5.41) is 3.41. The highest BCUT2D eigenvalue weighted by Gasteiger charge is 2.27. The average molecular weight is 415 g/mol. The molecule has 0 saturated carbocycles. The summed E-state index contributed by atoms with van der Waals surface area (Å²) in [7, 11) is 1.31. The Labute approximate surface area is 169 Å². The van der Waals surface area contributed by atoms with Crippen molar-refractivity contribution in [3.8, 4) is 0 Å². The number of amides is 1. The van der Waals surface area contributed by atoms with E-state index in [2.05, 4.69) is 10.3 Å². The summed E-state index contributed by atoms with van der Waals surface area (Å²) in [6.07, 6.45) is 4.88. The normalized spacial score (nSPS) is 13.2. The molecule has 2 aromatic heterocycles. The van der Waals surface area contributed by atoms with Gasteiger partial charge in [-0.2, -0.15) is 0 Å². The molecular formula is C20H18FN3O4S. The summed E-state index contributed by atoms with van der Waals surface area (Å²) < 4.78 is 19.4. The third-order valence-electron chi connectivity index (χ3n) is 4.91. The molecule has 0 unspecified atom stereocenters. The van der Waals surface area contributed by atoms with Crippen molar-refractivity contribution in [2.75, 3.05) is 12.4 Å². The average Bonchev–Trinajstić information content (AvgIpc) is 3.07. The number of nitrogens with one attached hydrogen (secondary N) is 1. The number of carbonyl (C=O) groups excluding carboxylic acids is 2. The van der Waals surface area contributed by atoms with Gasteiger partial charge in [0.1, 0.15) is 17.4 Å². The van der Waals surface area contributed by atoms with E-state index in [1.54, 1.807) is 0 Å². The lowest BCUT2D eigenvalue weighted by molar-refractivity contribution is -0.116. The van der Waals surface area contributed by atoms with E-state index in [9.17, 15) is 18.8 Å². The second-order valence-electron chi connectivity index (χ2n) is 6.79. The van der Waals surface area contributed by atoms with Crippen LogP contribution in [0.1, 0.15) is 33.6 Å². The number of ether oxygens (including phenoxy) is 1. The van der Waals surface area contributed by atoms with Crippen LogP contribution in [0.15, 0.2) is 29.3 Å². The molecule has 0 spiro atoms. The van der Waals surface area contributed by atoms with Crippen molar-refractivity contribution in [1.82, 2.24) is 9.55 Å². The largest absolute Gasteiger partial charge is 0.465 e. The summed E-state index contributed by atoms with van der Waals surface area (Å²) in [5.74, 6) is -1.43. The Morgan fingerprint density at radius 1 is 1.31 bits per heavy atom. The van der Waals surface area contributed by atoms with Gasteiger partial charge in [-0.1, -0.05) is 0 Å². The Hall–Kier alpha value is -3.07. The number of aromatic nitrogens is 2. The molecule has 1 aliphatic carbocycles. The molecule has 0 saturated heterocycles. The van der Waals surface area contributed by atoms with Crippen LogP contribution in [-0.4, -0.2) is 28.5 Å². The number of methoxy groups -OCH3 is 1. The summed E-state index contributed by atoms with van der Waals surface area (Å²) in [6, 6.07) is 3.69. The number of hydrogen-bond donors (Lipinski definition) is 1. The number of fused-ring (bicyclic) bond motifs is 2. The Balaban J connectivity index is 1.61. The Morgan fingerprint density at radius 2 is 2.10 bits per heavy atom. The molecule has 0 atom stereocenters.